The van der Waals surface area contributed by atoms with E-state index in [4.69, 9.17) is 9.47 Å². The van der Waals surface area contributed by atoms with E-state index in [2.05, 4.69) is 10.0 Å². The molecule has 0 aromatic heterocycles. The summed E-state index contributed by atoms with van der Waals surface area (Å²) in [5.41, 5.74) is 0.404. The highest BCUT2D eigenvalue weighted by Gasteiger charge is 2.34. The van der Waals surface area contributed by atoms with E-state index >= 15 is 0 Å². The monoisotopic (exact) mass is 477 g/mol. The van der Waals surface area contributed by atoms with Crippen LogP contribution in [0.2, 0.25) is 0 Å². The summed E-state index contributed by atoms with van der Waals surface area (Å²) in [6, 6.07) is 10.4. The third-order valence-corrected chi connectivity index (χ3v) is 7.09. The Morgan fingerprint density at radius 2 is 1.94 bits per heavy atom. The van der Waals surface area contributed by atoms with Crippen LogP contribution in [0.3, 0.4) is 0 Å². The fourth-order valence-corrected chi connectivity index (χ4v) is 4.79. The number of carbonyl (C=O) groups excluding carboxylic acids is 1. The zero-order valence-corrected chi connectivity index (χ0v) is 20.1. The summed E-state index contributed by atoms with van der Waals surface area (Å²) in [5.74, 6) is 0.304. The van der Waals surface area contributed by atoms with E-state index in [-0.39, 0.29) is 46.4 Å². The van der Waals surface area contributed by atoms with E-state index in [1.54, 1.807) is 49.2 Å². The van der Waals surface area contributed by atoms with Crippen LogP contribution in [0.5, 0.6) is 11.5 Å². The van der Waals surface area contributed by atoms with Crippen LogP contribution in [0.25, 0.3) is 0 Å². The van der Waals surface area contributed by atoms with Crippen molar-refractivity contribution in [3.63, 3.8) is 0 Å². The highest BCUT2D eigenvalue weighted by atomic mass is 32.2. The molecule has 0 radical (unpaired) electrons. The number of rotatable bonds is 8. The Balaban J connectivity index is 2.06. The standard InChI is InChI=1S/C23H31N3O6S/c1-15-13-26(16(2)14-27)23(28)19-6-5-7-20(22(19)32-21(15)12-24-3)25-33(29,30)18-10-8-17(31-4)9-11-18/h5-11,15-16,21,24-25,27H,12-14H2,1-4H3/t15-,16-,21+/m1/s1. The number of fused-ring (bicyclic) bond motifs is 1. The number of likely N-dealkylation sites (N-methyl/N-ethyl adjacent to an activating group) is 1. The molecule has 180 valence electrons. The molecule has 3 N–H and O–H groups in total. The van der Waals surface area contributed by atoms with Crippen molar-refractivity contribution in [2.24, 2.45) is 5.92 Å². The minimum atomic E-state index is -3.95. The van der Waals surface area contributed by atoms with Crippen LogP contribution in [0, 0.1) is 5.92 Å². The Bertz CT molecular complexity index is 1070. The first kappa shape index (κ1) is 24.8. The average Bonchev–Trinajstić information content (AvgIpc) is 2.81. The molecular weight excluding hydrogens is 446 g/mol. The molecule has 1 amide bonds. The molecule has 3 atom stereocenters. The lowest BCUT2D eigenvalue weighted by molar-refractivity contribution is 0.0417. The van der Waals surface area contributed by atoms with Crippen molar-refractivity contribution >= 4 is 21.6 Å². The van der Waals surface area contributed by atoms with Gasteiger partial charge in [-0.15, -0.1) is 0 Å². The number of anilines is 1. The molecule has 0 aliphatic carbocycles. The quantitative estimate of drug-likeness (QED) is 0.532. The summed E-state index contributed by atoms with van der Waals surface area (Å²) in [7, 11) is -0.654. The van der Waals surface area contributed by atoms with Crippen molar-refractivity contribution in [1.29, 1.82) is 0 Å². The smallest absolute Gasteiger partial charge is 0.262 e. The fraction of sp³-hybridized carbons (Fsp3) is 0.435. The molecule has 2 aromatic rings. The molecule has 0 saturated heterocycles. The van der Waals surface area contributed by atoms with E-state index in [1.165, 1.54) is 19.2 Å². The lowest BCUT2D eigenvalue weighted by Crippen LogP contribution is -2.49. The lowest BCUT2D eigenvalue weighted by Gasteiger charge is -2.37. The second kappa shape index (κ2) is 10.4. The second-order valence-electron chi connectivity index (χ2n) is 8.14. The van der Waals surface area contributed by atoms with Gasteiger partial charge >= 0.3 is 0 Å². The lowest BCUT2D eigenvalue weighted by atomic mass is 9.99. The van der Waals surface area contributed by atoms with Gasteiger partial charge in [-0.2, -0.15) is 0 Å². The Morgan fingerprint density at radius 1 is 1.24 bits per heavy atom. The third-order valence-electron chi connectivity index (χ3n) is 5.71. The molecule has 0 unspecified atom stereocenters. The van der Waals surface area contributed by atoms with Gasteiger partial charge in [-0.05, 0) is 50.4 Å². The first-order chi connectivity index (χ1) is 15.7. The molecular formula is C23H31N3O6S. The highest BCUT2D eigenvalue weighted by Crippen LogP contribution is 2.36. The number of hydrogen-bond donors (Lipinski definition) is 3. The Morgan fingerprint density at radius 3 is 2.55 bits per heavy atom. The number of methoxy groups -OCH3 is 1. The zero-order valence-electron chi connectivity index (χ0n) is 19.2. The van der Waals surface area contributed by atoms with E-state index < -0.39 is 16.1 Å². The topological polar surface area (TPSA) is 117 Å². The molecule has 10 heteroatoms. The maximum atomic E-state index is 13.4. The van der Waals surface area contributed by atoms with Gasteiger partial charge in [0.1, 0.15) is 11.9 Å². The molecule has 1 heterocycles. The van der Waals surface area contributed by atoms with E-state index in [9.17, 15) is 18.3 Å². The molecule has 1 aliphatic rings. The van der Waals surface area contributed by atoms with Crippen LogP contribution in [0.1, 0.15) is 24.2 Å². The number of ether oxygens (including phenoxy) is 2. The van der Waals surface area contributed by atoms with Crippen LogP contribution < -0.4 is 19.5 Å². The van der Waals surface area contributed by atoms with Gasteiger partial charge in [0.15, 0.2) is 5.75 Å². The first-order valence-corrected chi connectivity index (χ1v) is 12.2. The van der Waals surface area contributed by atoms with Crippen molar-refractivity contribution in [3.8, 4) is 11.5 Å². The van der Waals surface area contributed by atoms with Crippen LogP contribution >= 0.6 is 0 Å². The third kappa shape index (κ3) is 5.40. The van der Waals surface area contributed by atoms with Crippen molar-refractivity contribution in [1.82, 2.24) is 10.2 Å². The van der Waals surface area contributed by atoms with Crippen LogP contribution in [-0.2, 0) is 10.0 Å². The number of aliphatic hydroxyl groups excluding tert-OH is 1. The molecule has 2 aromatic carbocycles. The Labute approximate surface area is 194 Å². The average molecular weight is 478 g/mol. The number of sulfonamides is 1. The predicted octanol–water partition coefficient (Wildman–Crippen LogP) is 1.94. The predicted molar refractivity (Wildman–Crippen MR) is 125 cm³/mol. The SMILES string of the molecule is CNC[C@@H]1Oc2c(NS(=O)(=O)c3ccc(OC)cc3)cccc2C(=O)N([C@H](C)CO)C[C@H]1C. The number of nitrogens with zero attached hydrogens (tertiary/aromatic N) is 1. The highest BCUT2D eigenvalue weighted by molar-refractivity contribution is 7.92. The maximum Gasteiger partial charge on any atom is 0.262 e. The van der Waals surface area contributed by atoms with Gasteiger partial charge < -0.3 is 24.8 Å². The minimum absolute atomic E-state index is 0.0498. The minimum Gasteiger partial charge on any atom is -0.497 e. The molecule has 33 heavy (non-hydrogen) atoms. The number of carbonyl (C=O) groups is 1. The number of benzene rings is 2. The maximum absolute atomic E-state index is 13.4. The van der Waals surface area contributed by atoms with E-state index in [0.717, 1.165) is 0 Å². The number of nitrogens with one attached hydrogen (secondary N) is 2. The molecule has 0 bridgehead atoms. The molecule has 0 spiro atoms. The van der Waals surface area contributed by atoms with Crippen LogP contribution in [0.15, 0.2) is 47.4 Å². The van der Waals surface area contributed by atoms with Crippen LogP contribution in [-0.4, -0.2) is 70.3 Å². The second-order valence-corrected chi connectivity index (χ2v) is 9.83. The van der Waals surface area contributed by atoms with Gasteiger partial charge in [0.2, 0.25) is 0 Å². The van der Waals surface area contributed by atoms with Gasteiger partial charge in [-0.3, -0.25) is 9.52 Å². The molecule has 1 aliphatic heterocycles. The van der Waals surface area contributed by atoms with Crippen molar-refractivity contribution in [2.75, 3.05) is 38.6 Å². The zero-order chi connectivity index (χ0) is 24.2. The van der Waals surface area contributed by atoms with E-state index in [0.29, 0.717) is 18.8 Å². The van der Waals surface area contributed by atoms with Gasteiger partial charge in [0.05, 0.1) is 35.9 Å². The summed E-state index contributed by atoms with van der Waals surface area (Å²) in [6.07, 6.45) is -0.332. The van der Waals surface area contributed by atoms with Gasteiger partial charge in [-0.1, -0.05) is 13.0 Å². The molecule has 9 nitrogen and oxygen atoms in total. The van der Waals surface area contributed by atoms with Gasteiger partial charge in [0.25, 0.3) is 15.9 Å². The summed E-state index contributed by atoms with van der Waals surface area (Å²) >= 11 is 0. The fourth-order valence-electron chi connectivity index (χ4n) is 3.73. The molecule has 3 rings (SSSR count). The summed E-state index contributed by atoms with van der Waals surface area (Å²) in [5, 5.41) is 12.8. The molecule has 0 saturated carbocycles. The van der Waals surface area contributed by atoms with Gasteiger partial charge in [0, 0.05) is 19.0 Å². The Hall–Kier alpha value is -2.82. The van der Waals surface area contributed by atoms with Crippen molar-refractivity contribution in [3.05, 3.63) is 48.0 Å². The molecule has 0 fully saturated rings. The Kier molecular flexibility index (Phi) is 7.83. The summed E-state index contributed by atoms with van der Waals surface area (Å²) in [6.45, 7) is 4.44. The van der Waals surface area contributed by atoms with Crippen molar-refractivity contribution < 1.29 is 27.8 Å². The van der Waals surface area contributed by atoms with Crippen molar-refractivity contribution in [2.45, 2.75) is 30.9 Å². The normalized spacial score (nSPS) is 19.7. The van der Waals surface area contributed by atoms with Crippen LogP contribution in [0.4, 0.5) is 5.69 Å². The summed E-state index contributed by atoms with van der Waals surface area (Å²) in [4.78, 5) is 15.0. The number of para-hydroxylation sites is 1. The van der Waals surface area contributed by atoms with E-state index in [1.807, 2.05) is 6.92 Å². The number of hydrogen-bond acceptors (Lipinski definition) is 7. The number of amides is 1. The largest absolute Gasteiger partial charge is 0.497 e. The number of aliphatic hydroxyl groups is 1. The summed E-state index contributed by atoms with van der Waals surface area (Å²) < 4.78 is 40.0. The first-order valence-electron chi connectivity index (χ1n) is 10.7. The van der Waals surface area contributed by atoms with Gasteiger partial charge in [-0.25, -0.2) is 8.42 Å².